The molecule has 0 bridgehead atoms. The molecule has 2 aromatic heterocycles. The number of aryl methyl sites for hydroxylation is 2. The Hall–Kier alpha value is -1.76. The quantitative estimate of drug-likeness (QED) is 0.711. The molecule has 1 atom stereocenters. The normalized spacial score (nSPS) is 13.0. The third kappa shape index (κ3) is 2.18. The first kappa shape index (κ1) is 9.78. The maximum atomic E-state index is 5.98. The summed E-state index contributed by atoms with van der Waals surface area (Å²) in [4.78, 5) is 1.42. The van der Waals surface area contributed by atoms with Crippen LogP contribution in [0.2, 0.25) is 0 Å². The second kappa shape index (κ2) is 3.77. The molecule has 2 heterocycles. The molecule has 0 radical (unpaired) electrons. The van der Waals surface area contributed by atoms with Gasteiger partial charge >= 0.3 is 0 Å². The SMILES string of the molecule is Cn1cc(C(N)Cc2nnn(C)n2)cn1. The van der Waals surface area contributed by atoms with Gasteiger partial charge in [0.15, 0.2) is 5.82 Å². The van der Waals surface area contributed by atoms with Gasteiger partial charge in [-0.05, 0) is 5.21 Å². The van der Waals surface area contributed by atoms with E-state index in [4.69, 9.17) is 5.73 Å². The van der Waals surface area contributed by atoms with E-state index in [0.717, 1.165) is 5.56 Å². The number of hydrogen-bond donors (Lipinski definition) is 1. The highest BCUT2D eigenvalue weighted by molar-refractivity contribution is 5.11. The highest BCUT2D eigenvalue weighted by atomic mass is 15.6. The Morgan fingerprint density at radius 3 is 2.80 bits per heavy atom. The van der Waals surface area contributed by atoms with Crippen LogP contribution in [0, 0.1) is 0 Å². The van der Waals surface area contributed by atoms with Crippen LogP contribution in [0.3, 0.4) is 0 Å². The molecule has 7 heteroatoms. The van der Waals surface area contributed by atoms with Gasteiger partial charge in [-0.1, -0.05) is 0 Å². The zero-order chi connectivity index (χ0) is 10.8. The van der Waals surface area contributed by atoms with E-state index in [1.54, 1.807) is 17.9 Å². The molecule has 15 heavy (non-hydrogen) atoms. The van der Waals surface area contributed by atoms with Gasteiger partial charge in [0.05, 0.1) is 13.2 Å². The number of rotatable bonds is 3. The Kier molecular flexibility index (Phi) is 2.46. The summed E-state index contributed by atoms with van der Waals surface area (Å²) in [6.07, 6.45) is 4.21. The van der Waals surface area contributed by atoms with Gasteiger partial charge in [-0.25, -0.2) is 0 Å². The first-order valence-corrected chi connectivity index (χ1v) is 4.62. The molecule has 0 amide bonds. The molecule has 1 unspecified atom stereocenters. The summed E-state index contributed by atoms with van der Waals surface area (Å²) in [6, 6.07) is -0.136. The van der Waals surface area contributed by atoms with E-state index in [2.05, 4.69) is 20.5 Å². The second-order valence-corrected chi connectivity index (χ2v) is 3.45. The van der Waals surface area contributed by atoms with Crippen LogP contribution in [0.1, 0.15) is 17.4 Å². The summed E-state index contributed by atoms with van der Waals surface area (Å²) in [5, 5.41) is 15.8. The Morgan fingerprint density at radius 1 is 1.47 bits per heavy atom. The van der Waals surface area contributed by atoms with Gasteiger partial charge in [-0.15, -0.1) is 10.2 Å². The summed E-state index contributed by atoms with van der Waals surface area (Å²) >= 11 is 0. The van der Waals surface area contributed by atoms with Gasteiger partial charge < -0.3 is 5.73 Å². The Bertz CT molecular complexity index is 443. The lowest BCUT2D eigenvalue weighted by molar-refractivity contribution is 0.622. The summed E-state index contributed by atoms with van der Waals surface area (Å²) in [7, 11) is 3.59. The van der Waals surface area contributed by atoms with E-state index in [1.165, 1.54) is 4.80 Å². The van der Waals surface area contributed by atoms with Gasteiger partial charge in [-0.2, -0.15) is 9.90 Å². The fourth-order valence-electron chi connectivity index (χ4n) is 1.35. The number of tetrazole rings is 1. The maximum absolute atomic E-state index is 5.98. The third-order valence-electron chi connectivity index (χ3n) is 2.11. The summed E-state index contributed by atoms with van der Waals surface area (Å²) in [6.45, 7) is 0. The van der Waals surface area contributed by atoms with Crippen LogP contribution in [0.15, 0.2) is 12.4 Å². The lowest BCUT2D eigenvalue weighted by atomic mass is 10.1. The minimum atomic E-state index is -0.136. The topological polar surface area (TPSA) is 87.4 Å². The van der Waals surface area contributed by atoms with Crippen LogP contribution in [-0.4, -0.2) is 30.0 Å². The lowest BCUT2D eigenvalue weighted by Crippen LogP contribution is -2.13. The average Bonchev–Trinajstić information content (AvgIpc) is 2.75. The van der Waals surface area contributed by atoms with E-state index in [0.29, 0.717) is 12.2 Å². The second-order valence-electron chi connectivity index (χ2n) is 3.45. The lowest BCUT2D eigenvalue weighted by Gasteiger charge is -2.04. The molecule has 0 saturated heterocycles. The summed E-state index contributed by atoms with van der Waals surface area (Å²) in [5.74, 6) is 0.647. The van der Waals surface area contributed by atoms with Crippen LogP contribution in [0.5, 0.6) is 0 Å². The molecule has 0 fully saturated rings. The van der Waals surface area contributed by atoms with Gasteiger partial charge in [0, 0.05) is 31.3 Å². The molecule has 0 spiro atoms. The average molecular weight is 207 g/mol. The highest BCUT2D eigenvalue weighted by Crippen LogP contribution is 2.11. The van der Waals surface area contributed by atoms with Crippen molar-refractivity contribution in [2.24, 2.45) is 19.8 Å². The van der Waals surface area contributed by atoms with E-state index in [-0.39, 0.29) is 6.04 Å². The minimum Gasteiger partial charge on any atom is -0.323 e. The molecule has 0 aromatic carbocycles. The number of hydrogen-bond acceptors (Lipinski definition) is 5. The fourth-order valence-corrected chi connectivity index (χ4v) is 1.35. The predicted molar refractivity (Wildman–Crippen MR) is 52.6 cm³/mol. The van der Waals surface area contributed by atoms with Crippen LogP contribution in [0.4, 0.5) is 0 Å². The van der Waals surface area contributed by atoms with Gasteiger partial charge in [0.25, 0.3) is 0 Å². The van der Waals surface area contributed by atoms with Crippen molar-refractivity contribution in [1.29, 1.82) is 0 Å². The number of nitrogens with two attached hydrogens (primary N) is 1. The van der Waals surface area contributed by atoms with Crippen molar-refractivity contribution < 1.29 is 0 Å². The van der Waals surface area contributed by atoms with Crippen LogP contribution in [0.25, 0.3) is 0 Å². The Labute approximate surface area is 86.9 Å². The predicted octanol–water partition coefficient (Wildman–Crippen LogP) is -0.814. The molecule has 7 nitrogen and oxygen atoms in total. The first-order chi connectivity index (χ1) is 7.15. The first-order valence-electron chi connectivity index (χ1n) is 4.62. The fraction of sp³-hybridized carbons (Fsp3) is 0.500. The zero-order valence-corrected chi connectivity index (χ0v) is 8.70. The van der Waals surface area contributed by atoms with Crippen molar-refractivity contribution in [3.63, 3.8) is 0 Å². The van der Waals surface area contributed by atoms with Gasteiger partial charge in [-0.3, -0.25) is 4.68 Å². The highest BCUT2D eigenvalue weighted by Gasteiger charge is 2.11. The monoisotopic (exact) mass is 207 g/mol. The van der Waals surface area contributed by atoms with Crippen molar-refractivity contribution >= 4 is 0 Å². The largest absolute Gasteiger partial charge is 0.323 e. The molecule has 0 aliphatic carbocycles. The van der Waals surface area contributed by atoms with Crippen molar-refractivity contribution in [2.45, 2.75) is 12.5 Å². The molecule has 2 aromatic rings. The minimum absolute atomic E-state index is 0.136. The molecule has 2 rings (SSSR count). The van der Waals surface area contributed by atoms with Crippen LogP contribution in [-0.2, 0) is 20.5 Å². The van der Waals surface area contributed by atoms with Crippen molar-refractivity contribution in [1.82, 2.24) is 30.0 Å². The third-order valence-corrected chi connectivity index (χ3v) is 2.11. The Balaban J connectivity index is 2.06. The van der Waals surface area contributed by atoms with Crippen molar-refractivity contribution in [2.75, 3.05) is 0 Å². The summed E-state index contributed by atoms with van der Waals surface area (Å²) < 4.78 is 1.72. The van der Waals surface area contributed by atoms with Gasteiger partial charge in [0.2, 0.25) is 0 Å². The maximum Gasteiger partial charge on any atom is 0.176 e. The molecule has 0 aliphatic rings. The molecular formula is C8H13N7. The molecule has 80 valence electrons. The van der Waals surface area contributed by atoms with Gasteiger partial charge in [0.1, 0.15) is 0 Å². The molecule has 2 N–H and O–H groups in total. The van der Waals surface area contributed by atoms with Crippen molar-refractivity contribution in [3.8, 4) is 0 Å². The van der Waals surface area contributed by atoms with E-state index in [1.807, 2.05) is 13.2 Å². The number of aromatic nitrogens is 6. The Morgan fingerprint density at radius 2 is 2.27 bits per heavy atom. The number of nitrogens with zero attached hydrogens (tertiary/aromatic N) is 6. The van der Waals surface area contributed by atoms with Crippen molar-refractivity contribution in [3.05, 3.63) is 23.8 Å². The zero-order valence-electron chi connectivity index (χ0n) is 8.70. The molecule has 0 aliphatic heterocycles. The molecule has 0 saturated carbocycles. The summed E-state index contributed by atoms with van der Waals surface area (Å²) in [5.41, 5.74) is 6.96. The van der Waals surface area contributed by atoms with Crippen LogP contribution < -0.4 is 5.73 Å². The van der Waals surface area contributed by atoms with E-state index < -0.39 is 0 Å². The van der Waals surface area contributed by atoms with Crippen LogP contribution >= 0.6 is 0 Å². The van der Waals surface area contributed by atoms with E-state index >= 15 is 0 Å². The van der Waals surface area contributed by atoms with E-state index in [9.17, 15) is 0 Å². The molecular weight excluding hydrogens is 194 g/mol. The smallest absolute Gasteiger partial charge is 0.176 e. The standard InChI is InChI=1S/C8H13N7/c1-14-5-6(4-10-14)7(9)3-8-11-13-15(2)12-8/h4-5,7H,3,9H2,1-2H3.